The second-order valence-corrected chi connectivity index (χ2v) is 4.34. The Morgan fingerprint density at radius 2 is 1.76 bits per heavy atom. The van der Waals surface area contributed by atoms with Crippen LogP contribution in [0.5, 0.6) is 0 Å². The topological polar surface area (TPSA) is 17.3 Å². The molecule has 0 N–H and O–H groups in total. The highest BCUT2D eigenvalue weighted by Crippen LogP contribution is 2.18. The molecule has 2 aromatic rings. The molecular weight excluding hydrogens is 208 g/mol. The summed E-state index contributed by atoms with van der Waals surface area (Å²) in [7, 11) is 2.05. The minimum absolute atomic E-state index is 1.02. The zero-order valence-corrected chi connectivity index (χ0v) is 10.0. The van der Waals surface area contributed by atoms with Gasteiger partial charge < -0.3 is 0 Å². The summed E-state index contributed by atoms with van der Waals surface area (Å²) in [5.74, 6) is 1.02. The molecule has 0 aliphatic carbocycles. The molecule has 3 rings (SSSR count). The van der Waals surface area contributed by atoms with Gasteiger partial charge in [0, 0.05) is 6.92 Å². The van der Waals surface area contributed by atoms with Crippen molar-refractivity contribution < 1.29 is 0 Å². The number of aliphatic imine (C=N–C) groups is 1. The molecule has 1 radical (unpaired) electrons. The van der Waals surface area contributed by atoms with E-state index in [1.807, 2.05) is 13.2 Å². The molecule has 0 saturated heterocycles. The van der Waals surface area contributed by atoms with Crippen molar-refractivity contribution in [3.63, 3.8) is 0 Å². The molecule has 0 amide bonds. The molecule has 0 atom stereocenters. The van der Waals surface area contributed by atoms with Crippen LogP contribution in [0.25, 0.3) is 10.8 Å². The smallest absolute Gasteiger partial charge is 0.227 e. The molecular formula is C15H14N2+. The van der Waals surface area contributed by atoms with Crippen molar-refractivity contribution in [3.05, 3.63) is 59.9 Å². The second kappa shape index (κ2) is 3.74. The summed E-state index contributed by atoms with van der Waals surface area (Å²) in [6.07, 6.45) is 1.91. The summed E-state index contributed by atoms with van der Waals surface area (Å²) in [6, 6.07) is 14.9. The van der Waals surface area contributed by atoms with Crippen LogP contribution in [0.3, 0.4) is 0 Å². The van der Waals surface area contributed by atoms with Crippen molar-refractivity contribution >= 4 is 16.6 Å². The zero-order chi connectivity index (χ0) is 11.8. The Labute approximate surface area is 101 Å². The molecule has 17 heavy (non-hydrogen) atoms. The van der Waals surface area contributed by atoms with Crippen molar-refractivity contribution in [2.24, 2.45) is 0 Å². The van der Waals surface area contributed by atoms with Gasteiger partial charge in [-0.15, -0.1) is 0 Å². The molecule has 1 aliphatic heterocycles. The van der Waals surface area contributed by atoms with E-state index in [1.165, 1.54) is 22.0 Å². The Morgan fingerprint density at radius 1 is 1.00 bits per heavy atom. The monoisotopic (exact) mass is 222 g/mol. The lowest BCUT2D eigenvalue weighted by molar-refractivity contribution is 0.644. The number of rotatable bonds is 1. The number of fused-ring (bicyclic) bond motifs is 1. The van der Waals surface area contributed by atoms with Gasteiger partial charge in [-0.25, -0.2) is 4.90 Å². The first-order valence-corrected chi connectivity index (χ1v) is 5.73. The van der Waals surface area contributed by atoms with Gasteiger partial charge in [-0.1, -0.05) is 30.3 Å². The summed E-state index contributed by atoms with van der Waals surface area (Å²) in [6.45, 7) is 2.07. The minimum atomic E-state index is 1.02. The number of benzene rings is 2. The lowest BCUT2D eigenvalue weighted by Crippen LogP contribution is -2.24. The van der Waals surface area contributed by atoms with Crippen LogP contribution < -0.4 is 4.99 Å². The highest BCUT2D eigenvalue weighted by molar-refractivity contribution is 6.03. The Morgan fingerprint density at radius 3 is 2.47 bits per heavy atom. The van der Waals surface area contributed by atoms with Crippen molar-refractivity contribution in [2.75, 3.05) is 7.05 Å². The van der Waals surface area contributed by atoms with Gasteiger partial charge in [0.1, 0.15) is 5.70 Å². The van der Waals surface area contributed by atoms with Gasteiger partial charge >= 0.3 is 5.84 Å². The highest BCUT2D eigenvalue weighted by Gasteiger charge is 2.26. The largest absolute Gasteiger partial charge is 0.330 e. The molecule has 0 saturated carbocycles. The van der Waals surface area contributed by atoms with E-state index in [1.54, 1.807) is 0 Å². The Balaban J connectivity index is 2.08. The van der Waals surface area contributed by atoms with Crippen LogP contribution in [0.1, 0.15) is 12.5 Å². The SMILES string of the molecule is CC1=C[N+]=C(c2ccc3ccccc3c2)N1C. The number of hydrogen-bond donors (Lipinski definition) is 0. The molecule has 0 unspecified atom stereocenters. The van der Waals surface area contributed by atoms with Gasteiger partial charge in [-0.05, 0) is 27.9 Å². The highest BCUT2D eigenvalue weighted by atomic mass is 15.2. The third kappa shape index (κ3) is 1.62. The van der Waals surface area contributed by atoms with Gasteiger partial charge in [0.25, 0.3) is 0 Å². The van der Waals surface area contributed by atoms with Gasteiger partial charge in [0.05, 0.1) is 12.6 Å². The first-order valence-electron chi connectivity index (χ1n) is 5.73. The molecule has 0 aromatic heterocycles. The van der Waals surface area contributed by atoms with E-state index in [0.29, 0.717) is 0 Å². The minimum Gasteiger partial charge on any atom is -0.227 e. The Kier molecular flexibility index (Phi) is 2.22. The summed E-state index contributed by atoms with van der Waals surface area (Å²) in [4.78, 5) is 6.57. The standard InChI is InChI=1S/C15H14N2/c1-11-10-16-15(17(11)2)14-8-7-12-5-3-4-6-13(12)9-14/h3-10H,1-2H3/q+1. The molecule has 0 fully saturated rings. The van der Waals surface area contributed by atoms with Gasteiger partial charge in [-0.2, -0.15) is 0 Å². The fourth-order valence-corrected chi connectivity index (χ4v) is 2.09. The number of nitrogens with zero attached hydrogens (tertiary/aromatic N) is 2. The van der Waals surface area contributed by atoms with Gasteiger partial charge in [0.2, 0.25) is 0 Å². The van der Waals surface area contributed by atoms with Crippen LogP contribution in [0.4, 0.5) is 0 Å². The predicted octanol–water partition coefficient (Wildman–Crippen LogP) is 2.73. The fraction of sp³-hybridized carbons (Fsp3) is 0.133. The average Bonchev–Trinajstić information content (AvgIpc) is 2.70. The summed E-state index contributed by atoms with van der Waals surface area (Å²) < 4.78 is 0. The van der Waals surface area contributed by atoms with E-state index < -0.39 is 0 Å². The maximum absolute atomic E-state index is 4.46. The normalized spacial score (nSPS) is 15.1. The average molecular weight is 222 g/mol. The van der Waals surface area contributed by atoms with Gasteiger partial charge in [-0.3, -0.25) is 0 Å². The van der Waals surface area contributed by atoms with Crippen molar-refractivity contribution in [1.82, 2.24) is 9.89 Å². The molecule has 2 nitrogen and oxygen atoms in total. The van der Waals surface area contributed by atoms with E-state index in [-0.39, 0.29) is 0 Å². The van der Waals surface area contributed by atoms with Crippen LogP contribution in [-0.2, 0) is 0 Å². The summed E-state index contributed by atoms with van der Waals surface area (Å²) in [5.41, 5.74) is 2.34. The first kappa shape index (κ1) is 10.1. The maximum Gasteiger partial charge on any atom is 0.330 e. The molecule has 0 spiro atoms. The molecule has 2 aromatic carbocycles. The first-order chi connectivity index (χ1) is 8.25. The second-order valence-electron chi connectivity index (χ2n) is 4.34. The van der Waals surface area contributed by atoms with Gasteiger partial charge in [0.15, 0.2) is 6.20 Å². The Bertz CT molecular complexity index is 638. The van der Waals surface area contributed by atoms with Crippen LogP contribution >= 0.6 is 0 Å². The van der Waals surface area contributed by atoms with E-state index in [0.717, 1.165) is 5.84 Å². The predicted molar refractivity (Wildman–Crippen MR) is 71.7 cm³/mol. The maximum atomic E-state index is 4.46. The van der Waals surface area contributed by atoms with Crippen molar-refractivity contribution in [1.29, 1.82) is 0 Å². The Hall–Kier alpha value is -2.09. The van der Waals surface area contributed by atoms with E-state index in [4.69, 9.17) is 0 Å². The number of amidine groups is 1. The summed E-state index contributed by atoms with van der Waals surface area (Å²) in [5, 5.41) is 2.52. The molecule has 1 heterocycles. The summed E-state index contributed by atoms with van der Waals surface area (Å²) >= 11 is 0. The lowest BCUT2D eigenvalue weighted by Gasteiger charge is -2.07. The van der Waals surface area contributed by atoms with E-state index >= 15 is 0 Å². The van der Waals surface area contributed by atoms with E-state index in [2.05, 4.69) is 59.3 Å². The lowest BCUT2D eigenvalue weighted by atomic mass is 10.1. The third-order valence-electron chi connectivity index (χ3n) is 3.23. The van der Waals surface area contributed by atoms with Crippen molar-refractivity contribution in [3.8, 4) is 0 Å². The van der Waals surface area contributed by atoms with Crippen LogP contribution in [0.2, 0.25) is 0 Å². The number of allylic oxidation sites excluding steroid dienone is 1. The number of hydrogen-bond acceptors (Lipinski definition) is 2. The zero-order valence-electron chi connectivity index (χ0n) is 10.0. The van der Waals surface area contributed by atoms with Crippen molar-refractivity contribution in [2.45, 2.75) is 6.92 Å². The molecule has 2 heteroatoms. The molecule has 83 valence electrons. The van der Waals surface area contributed by atoms with Crippen LogP contribution in [0, 0.1) is 0 Å². The molecule has 0 bridgehead atoms. The fourth-order valence-electron chi connectivity index (χ4n) is 2.09. The quantitative estimate of drug-likeness (QED) is 0.725. The third-order valence-corrected chi connectivity index (χ3v) is 3.23. The molecule has 1 aliphatic rings. The van der Waals surface area contributed by atoms with Crippen LogP contribution in [-0.4, -0.2) is 17.8 Å². The van der Waals surface area contributed by atoms with E-state index in [9.17, 15) is 0 Å². The van der Waals surface area contributed by atoms with Crippen LogP contribution in [0.15, 0.2) is 54.4 Å².